The van der Waals surface area contributed by atoms with Crippen molar-refractivity contribution in [2.24, 2.45) is 0 Å². The lowest BCUT2D eigenvalue weighted by Crippen LogP contribution is -2.25. The molecule has 11 heteroatoms. The summed E-state index contributed by atoms with van der Waals surface area (Å²) in [6.07, 6.45) is 5.13. The van der Waals surface area contributed by atoms with Crippen molar-refractivity contribution < 1.29 is 4.74 Å². The molecule has 1 fully saturated rings. The zero-order valence-corrected chi connectivity index (χ0v) is 16.8. The number of rotatable bonds is 4. The van der Waals surface area contributed by atoms with Crippen molar-refractivity contribution >= 4 is 27.4 Å². The van der Waals surface area contributed by atoms with E-state index in [1.807, 2.05) is 12.1 Å². The second-order valence-corrected chi connectivity index (χ2v) is 8.01. The number of ether oxygens (including phenoxy) is 1. The fraction of sp³-hybridized carbons (Fsp3) is 0.200. The van der Waals surface area contributed by atoms with E-state index in [0.29, 0.717) is 28.4 Å². The van der Waals surface area contributed by atoms with Gasteiger partial charge in [-0.1, -0.05) is 0 Å². The fourth-order valence-corrected chi connectivity index (χ4v) is 4.53. The quantitative estimate of drug-likeness (QED) is 0.495. The van der Waals surface area contributed by atoms with Gasteiger partial charge in [-0.2, -0.15) is 5.26 Å². The average Bonchev–Trinajstić information content (AvgIpc) is 3.41. The number of pyridine rings is 1. The Kier molecular flexibility index (Phi) is 4.68. The third-order valence-electron chi connectivity index (χ3n) is 4.99. The van der Waals surface area contributed by atoms with E-state index in [0.717, 1.165) is 29.0 Å². The summed E-state index contributed by atoms with van der Waals surface area (Å²) in [5, 5.41) is 9.72. The number of nitrogens with zero attached hydrogens (tertiary/aromatic N) is 5. The molecule has 1 aliphatic rings. The maximum Gasteiger partial charge on any atom is 0.325 e. The summed E-state index contributed by atoms with van der Waals surface area (Å²) in [7, 11) is 0. The van der Waals surface area contributed by atoms with Gasteiger partial charge in [0.05, 0.1) is 23.1 Å². The van der Waals surface area contributed by atoms with Crippen molar-refractivity contribution in [3.8, 4) is 22.4 Å². The summed E-state index contributed by atoms with van der Waals surface area (Å²) >= 11 is 1.36. The molecule has 5 rings (SSSR count). The predicted molar refractivity (Wildman–Crippen MR) is 114 cm³/mol. The molecule has 1 aliphatic heterocycles. The zero-order chi connectivity index (χ0) is 21.4. The Morgan fingerprint density at radius 2 is 2.16 bits per heavy atom. The van der Waals surface area contributed by atoms with Crippen LogP contribution in [0.1, 0.15) is 12.0 Å². The van der Waals surface area contributed by atoms with Gasteiger partial charge in [0.2, 0.25) is 5.88 Å². The molecule has 10 nitrogen and oxygen atoms in total. The number of aromatic nitrogens is 5. The van der Waals surface area contributed by atoms with Crippen molar-refractivity contribution in [1.82, 2.24) is 24.9 Å². The predicted octanol–water partition coefficient (Wildman–Crippen LogP) is 1.66. The zero-order valence-electron chi connectivity index (χ0n) is 16.0. The first-order valence-corrected chi connectivity index (χ1v) is 10.3. The summed E-state index contributed by atoms with van der Waals surface area (Å²) in [4.78, 5) is 44.7. The SMILES string of the molecule is N#Cc1ccc(OC2CCN(c3ncnc4sc(-c5c[nH]c(=O)[nH]c5=O)cc34)C2)nc1. The maximum atomic E-state index is 12.2. The molecule has 1 saturated heterocycles. The van der Waals surface area contributed by atoms with Crippen LogP contribution in [0.5, 0.6) is 5.88 Å². The van der Waals surface area contributed by atoms with E-state index in [1.54, 1.807) is 12.1 Å². The van der Waals surface area contributed by atoms with E-state index >= 15 is 0 Å². The van der Waals surface area contributed by atoms with Crippen molar-refractivity contribution in [1.29, 1.82) is 5.26 Å². The number of aromatic amines is 2. The minimum Gasteiger partial charge on any atom is -0.472 e. The Balaban J connectivity index is 1.40. The van der Waals surface area contributed by atoms with Gasteiger partial charge in [0.25, 0.3) is 5.56 Å². The Labute approximate surface area is 178 Å². The summed E-state index contributed by atoms with van der Waals surface area (Å²) in [5.41, 5.74) is -0.133. The third kappa shape index (κ3) is 3.64. The average molecular weight is 433 g/mol. The van der Waals surface area contributed by atoms with Crippen LogP contribution < -0.4 is 20.9 Å². The summed E-state index contributed by atoms with van der Waals surface area (Å²) < 4.78 is 5.96. The minimum absolute atomic E-state index is 0.0643. The molecule has 154 valence electrons. The van der Waals surface area contributed by atoms with Gasteiger partial charge >= 0.3 is 5.69 Å². The van der Waals surface area contributed by atoms with E-state index in [-0.39, 0.29) is 6.10 Å². The van der Waals surface area contributed by atoms with Crippen LogP contribution >= 0.6 is 11.3 Å². The summed E-state index contributed by atoms with van der Waals surface area (Å²) in [5.74, 6) is 1.25. The molecule has 1 atom stereocenters. The summed E-state index contributed by atoms with van der Waals surface area (Å²) in [6.45, 7) is 1.37. The van der Waals surface area contributed by atoms with E-state index < -0.39 is 11.2 Å². The molecule has 0 saturated carbocycles. The number of thiophene rings is 1. The van der Waals surface area contributed by atoms with E-state index in [1.165, 1.54) is 30.1 Å². The van der Waals surface area contributed by atoms with Gasteiger partial charge in [-0.05, 0) is 12.1 Å². The van der Waals surface area contributed by atoms with Gasteiger partial charge in [-0.3, -0.25) is 9.78 Å². The van der Waals surface area contributed by atoms with Crippen LogP contribution in [0.3, 0.4) is 0 Å². The van der Waals surface area contributed by atoms with Crippen LogP contribution in [0, 0.1) is 11.3 Å². The summed E-state index contributed by atoms with van der Waals surface area (Å²) in [6, 6.07) is 7.27. The van der Waals surface area contributed by atoms with Crippen LogP contribution in [-0.4, -0.2) is 44.1 Å². The molecular formula is C20H15N7O3S. The Hall–Kier alpha value is -4.04. The highest BCUT2D eigenvalue weighted by Gasteiger charge is 2.27. The van der Waals surface area contributed by atoms with Crippen LogP contribution in [-0.2, 0) is 0 Å². The minimum atomic E-state index is -0.546. The Bertz CT molecular complexity index is 1420. The van der Waals surface area contributed by atoms with Gasteiger partial charge in [-0.25, -0.2) is 19.7 Å². The Morgan fingerprint density at radius 3 is 2.94 bits per heavy atom. The normalized spacial score (nSPS) is 15.8. The van der Waals surface area contributed by atoms with Crippen molar-refractivity contribution in [2.45, 2.75) is 12.5 Å². The lowest BCUT2D eigenvalue weighted by molar-refractivity contribution is 0.216. The number of fused-ring (bicyclic) bond motifs is 1. The molecule has 1 unspecified atom stereocenters. The van der Waals surface area contributed by atoms with Gasteiger partial charge in [0, 0.05) is 36.3 Å². The first kappa shape index (κ1) is 19.0. The number of nitrogens with one attached hydrogen (secondary N) is 2. The van der Waals surface area contributed by atoms with E-state index in [9.17, 15) is 9.59 Å². The molecule has 0 aliphatic carbocycles. The van der Waals surface area contributed by atoms with E-state index in [4.69, 9.17) is 10.00 Å². The largest absolute Gasteiger partial charge is 0.472 e. The molecule has 0 radical (unpaired) electrons. The molecule has 0 bridgehead atoms. The lowest BCUT2D eigenvalue weighted by atomic mass is 10.2. The number of H-pyrrole nitrogens is 2. The van der Waals surface area contributed by atoms with Crippen LogP contribution in [0.15, 0.2) is 46.5 Å². The third-order valence-corrected chi connectivity index (χ3v) is 6.07. The van der Waals surface area contributed by atoms with Gasteiger partial charge in [-0.15, -0.1) is 11.3 Å². The van der Waals surface area contributed by atoms with Gasteiger partial charge < -0.3 is 14.6 Å². The molecule has 0 spiro atoms. The molecular weight excluding hydrogens is 418 g/mol. The topological polar surface area (TPSA) is 141 Å². The molecule has 2 N–H and O–H groups in total. The van der Waals surface area contributed by atoms with Gasteiger partial charge in [0.1, 0.15) is 29.1 Å². The number of anilines is 1. The number of nitriles is 1. The standard InChI is InChI=1S/C20H15N7O3S/c21-6-11-1-2-16(22-7-11)30-12-3-4-27(9-12)17-13-5-15(31-19(13)25-10-24-17)14-8-23-20(29)26-18(14)28/h1-2,5,7-8,10,12H,3-4,9H2,(H2,23,26,28,29). The first-order chi connectivity index (χ1) is 15.1. The second-order valence-electron chi connectivity index (χ2n) is 6.98. The molecule has 5 heterocycles. The second kappa shape index (κ2) is 7.66. The smallest absolute Gasteiger partial charge is 0.325 e. The fourth-order valence-electron chi connectivity index (χ4n) is 3.52. The van der Waals surface area contributed by atoms with Gasteiger partial charge in [0.15, 0.2) is 0 Å². The van der Waals surface area contributed by atoms with Crippen LogP contribution in [0.25, 0.3) is 20.7 Å². The maximum absolute atomic E-state index is 12.2. The number of hydrogen-bond donors (Lipinski definition) is 2. The van der Waals surface area contributed by atoms with Crippen LogP contribution in [0.4, 0.5) is 5.82 Å². The molecule has 31 heavy (non-hydrogen) atoms. The molecule has 0 amide bonds. The highest BCUT2D eigenvalue weighted by atomic mass is 32.1. The molecule has 4 aromatic rings. The highest BCUT2D eigenvalue weighted by Crippen LogP contribution is 2.35. The van der Waals surface area contributed by atoms with Crippen molar-refractivity contribution in [3.63, 3.8) is 0 Å². The molecule has 0 aromatic carbocycles. The van der Waals surface area contributed by atoms with Crippen LogP contribution in [0.2, 0.25) is 0 Å². The lowest BCUT2D eigenvalue weighted by Gasteiger charge is -2.18. The monoisotopic (exact) mass is 433 g/mol. The highest BCUT2D eigenvalue weighted by molar-refractivity contribution is 7.21. The molecule has 4 aromatic heterocycles. The number of hydrogen-bond acceptors (Lipinski definition) is 9. The van der Waals surface area contributed by atoms with Crippen molar-refractivity contribution in [3.05, 3.63) is 63.3 Å². The first-order valence-electron chi connectivity index (χ1n) is 9.45. The van der Waals surface area contributed by atoms with E-state index in [2.05, 4.69) is 29.8 Å². The Morgan fingerprint density at radius 1 is 1.26 bits per heavy atom. The van der Waals surface area contributed by atoms with Crippen molar-refractivity contribution in [2.75, 3.05) is 18.0 Å².